The molecular formula is C8H15NOS2. The van der Waals surface area contributed by atoms with Gasteiger partial charge in [-0.2, -0.15) is 0 Å². The Bertz CT molecular complexity index is 157. The predicted molar refractivity (Wildman–Crippen MR) is 56.0 cm³/mol. The fourth-order valence-electron chi connectivity index (χ4n) is 1.44. The second-order valence-electron chi connectivity index (χ2n) is 3.04. The van der Waals surface area contributed by atoms with E-state index < -0.39 is 0 Å². The zero-order chi connectivity index (χ0) is 8.97. The van der Waals surface area contributed by atoms with Gasteiger partial charge in [-0.15, -0.1) is 0 Å². The maximum Gasteiger partial charge on any atom is 0.221 e. The Morgan fingerprint density at radius 2 is 2.50 bits per heavy atom. The van der Waals surface area contributed by atoms with Crippen molar-refractivity contribution in [2.45, 2.75) is 31.4 Å². The minimum Gasteiger partial charge on any atom is -0.369 e. The summed E-state index contributed by atoms with van der Waals surface area (Å²) in [4.78, 5) is 11.1. The third-order valence-electron chi connectivity index (χ3n) is 2.09. The average molecular weight is 205 g/mol. The topological polar surface area (TPSA) is 43.1 Å². The summed E-state index contributed by atoms with van der Waals surface area (Å²) in [7, 11) is 3.70. The lowest BCUT2D eigenvalue weighted by molar-refractivity contribution is -0.122. The van der Waals surface area contributed by atoms with Crippen LogP contribution in [0.15, 0.2) is 0 Å². The molecule has 0 aromatic heterocycles. The summed E-state index contributed by atoms with van der Waals surface area (Å²) in [5, 5.41) is 0.479. The highest BCUT2D eigenvalue weighted by Gasteiger charge is 2.29. The monoisotopic (exact) mass is 205 g/mol. The Balaban J connectivity index is 2.45. The second kappa shape index (κ2) is 5.02. The van der Waals surface area contributed by atoms with E-state index in [-0.39, 0.29) is 11.8 Å². The maximum atomic E-state index is 11.1. The zero-order valence-corrected chi connectivity index (χ0v) is 8.92. The van der Waals surface area contributed by atoms with Gasteiger partial charge in [0.15, 0.2) is 0 Å². The zero-order valence-electron chi connectivity index (χ0n) is 7.29. The van der Waals surface area contributed by atoms with E-state index in [0.29, 0.717) is 5.25 Å². The van der Waals surface area contributed by atoms with Crippen LogP contribution in [0.1, 0.15) is 26.2 Å². The van der Waals surface area contributed by atoms with E-state index in [0.717, 1.165) is 19.3 Å². The van der Waals surface area contributed by atoms with Crippen LogP contribution in [0.2, 0.25) is 0 Å². The number of primary amides is 1. The van der Waals surface area contributed by atoms with E-state index >= 15 is 0 Å². The largest absolute Gasteiger partial charge is 0.369 e. The van der Waals surface area contributed by atoms with Crippen molar-refractivity contribution in [1.82, 2.24) is 0 Å². The number of amides is 1. The minimum atomic E-state index is -0.114. The number of hydrogen-bond donors (Lipinski definition) is 1. The Labute approximate surface area is 81.4 Å². The van der Waals surface area contributed by atoms with Crippen LogP contribution in [-0.4, -0.2) is 16.9 Å². The van der Waals surface area contributed by atoms with Crippen molar-refractivity contribution in [2.24, 2.45) is 11.7 Å². The Kier molecular flexibility index (Phi) is 4.29. The highest BCUT2D eigenvalue weighted by molar-refractivity contribution is 8.77. The first-order chi connectivity index (χ1) is 5.75. The summed E-state index contributed by atoms with van der Waals surface area (Å²) < 4.78 is 0. The quantitative estimate of drug-likeness (QED) is 0.714. The van der Waals surface area contributed by atoms with Crippen LogP contribution in [0.5, 0.6) is 0 Å². The average Bonchev–Trinajstić information content (AvgIpc) is 2.51. The molecule has 1 fully saturated rings. The van der Waals surface area contributed by atoms with Crippen molar-refractivity contribution in [3.8, 4) is 0 Å². The summed E-state index contributed by atoms with van der Waals surface area (Å²) >= 11 is 0. The molecule has 1 aliphatic rings. The van der Waals surface area contributed by atoms with Gasteiger partial charge in [0.05, 0.1) is 5.92 Å². The normalized spacial score (nSPS) is 25.6. The minimum absolute atomic E-state index is 0.106. The molecule has 0 aromatic carbocycles. The van der Waals surface area contributed by atoms with Crippen molar-refractivity contribution < 1.29 is 4.79 Å². The van der Waals surface area contributed by atoms with Gasteiger partial charge < -0.3 is 5.73 Å². The van der Waals surface area contributed by atoms with Gasteiger partial charge in [-0.3, -0.25) is 4.79 Å². The van der Waals surface area contributed by atoms with Gasteiger partial charge in [0.25, 0.3) is 0 Å². The van der Waals surface area contributed by atoms with Crippen LogP contribution in [0, 0.1) is 5.92 Å². The van der Waals surface area contributed by atoms with Crippen molar-refractivity contribution in [3.63, 3.8) is 0 Å². The number of carbonyl (C=O) groups is 1. The lowest BCUT2D eigenvalue weighted by Gasteiger charge is -2.17. The SMILES string of the molecule is CCCC(C(N)=O)C1CCSS1. The van der Waals surface area contributed by atoms with Crippen LogP contribution in [-0.2, 0) is 4.79 Å². The van der Waals surface area contributed by atoms with E-state index in [4.69, 9.17) is 5.73 Å². The van der Waals surface area contributed by atoms with E-state index in [9.17, 15) is 4.79 Å². The molecule has 0 saturated carbocycles. The molecular weight excluding hydrogens is 190 g/mol. The highest BCUT2D eigenvalue weighted by atomic mass is 33.1. The maximum absolute atomic E-state index is 11.1. The lowest BCUT2D eigenvalue weighted by Crippen LogP contribution is -2.30. The number of nitrogens with two attached hydrogens (primary N) is 1. The third-order valence-corrected chi connectivity index (χ3v) is 5.09. The van der Waals surface area contributed by atoms with Gasteiger partial charge in [0.1, 0.15) is 0 Å². The molecule has 1 amide bonds. The molecule has 1 heterocycles. The van der Waals surface area contributed by atoms with Crippen molar-refractivity contribution >= 4 is 27.5 Å². The molecule has 70 valence electrons. The molecule has 2 unspecified atom stereocenters. The molecule has 1 saturated heterocycles. The Morgan fingerprint density at radius 1 is 1.75 bits per heavy atom. The van der Waals surface area contributed by atoms with E-state index in [2.05, 4.69) is 6.92 Å². The summed E-state index contributed by atoms with van der Waals surface area (Å²) in [5.74, 6) is 1.16. The summed E-state index contributed by atoms with van der Waals surface area (Å²) in [6, 6.07) is 0. The molecule has 0 radical (unpaired) electrons. The first-order valence-electron chi connectivity index (χ1n) is 4.33. The van der Waals surface area contributed by atoms with Crippen molar-refractivity contribution in [1.29, 1.82) is 0 Å². The van der Waals surface area contributed by atoms with Gasteiger partial charge in [-0.05, 0) is 12.8 Å². The third kappa shape index (κ3) is 2.59. The molecule has 1 rings (SSSR count). The summed E-state index contributed by atoms with van der Waals surface area (Å²) in [6.07, 6.45) is 3.14. The van der Waals surface area contributed by atoms with Crippen LogP contribution in [0.3, 0.4) is 0 Å². The Hall–Kier alpha value is 0.170. The molecule has 12 heavy (non-hydrogen) atoms. The molecule has 0 aliphatic carbocycles. The predicted octanol–water partition coefficient (Wildman–Crippen LogP) is 2.04. The fraction of sp³-hybridized carbons (Fsp3) is 0.875. The second-order valence-corrected chi connectivity index (χ2v) is 5.77. The molecule has 2 nitrogen and oxygen atoms in total. The molecule has 4 heteroatoms. The molecule has 0 bridgehead atoms. The van der Waals surface area contributed by atoms with E-state index in [1.807, 2.05) is 21.6 Å². The smallest absolute Gasteiger partial charge is 0.221 e. The lowest BCUT2D eigenvalue weighted by atomic mass is 9.97. The number of rotatable bonds is 4. The van der Waals surface area contributed by atoms with Crippen molar-refractivity contribution in [2.75, 3.05) is 5.75 Å². The highest BCUT2D eigenvalue weighted by Crippen LogP contribution is 2.42. The van der Waals surface area contributed by atoms with E-state index in [1.54, 1.807) is 0 Å². The van der Waals surface area contributed by atoms with Gasteiger partial charge in [-0.1, -0.05) is 34.9 Å². The van der Waals surface area contributed by atoms with Gasteiger partial charge in [0.2, 0.25) is 5.91 Å². The van der Waals surface area contributed by atoms with Gasteiger partial charge in [0, 0.05) is 11.0 Å². The van der Waals surface area contributed by atoms with Crippen LogP contribution >= 0.6 is 21.6 Å². The molecule has 1 aliphatic heterocycles. The van der Waals surface area contributed by atoms with Crippen molar-refractivity contribution in [3.05, 3.63) is 0 Å². The van der Waals surface area contributed by atoms with Crippen LogP contribution < -0.4 is 5.73 Å². The number of carbonyl (C=O) groups excluding carboxylic acids is 1. The van der Waals surface area contributed by atoms with Crippen LogP contribution in [0.4, 0.5) is 0 Å². The standard InChI is InChI=1S/C8H15NOS2/c1-2-3-6(8(9)10)7-4-5-11-12-7/h6-7H,2-5H2,1H3,(H2,9,10). The molecule has 0 spiro atoms. The van der Waals surface area contributed by atoms with Crippen LogP contribution in [0.25, 0.3) is 0 Å². The molecule has 0 aromatic rings. The van der Waals surface area contributed by atoms with Gasteiger partial charge in [-0.25, -0.2) is 0 Å². The molecule has 2 atom stereocenters. The van der Waals surface area contributed by atoms with E-state index in [1.165, 1.54) is 5.75 Å². The van der Waals surface area contributed by atoms with Gasteiger partial charge >= 0.3 is 0 Å². The summed E-state index contributed by atoms with van der Waals surface area (Å²) in [5.41, 5.74) is 5.34. The number of hydrogen-bond acceptors (Lipinski definition) is 3. The molecule has 2 N–H and O–H groups in total. The summed E-state index contributed by atoms with van der Waals surface area (Å²) in [6.45, 7) is 2.10. The Morgan fingerprint density at radius 3 is 2.92 bits per heavy atom. The first kappa shape index (κ1) is 10.3. The first-order valence-corrected chi connectivity index (χ1v) is 6.71. The fourth-order valence-corrected chi connectivity index (χ4v) is 4.62.